The molecule has 4 rings (SSSR count). The molecule has 0 amide bonds. The van der Waals surface area contributed by atoms with Gasteiger partial charge in [-0.05, 0) is 74.6 Å². The van der Waals surface area contributed by atoms with Crippen LogP contribution in [0.25, 0.3) is 0 Å². The van der Waals surface area contributed by atoms with E-state index in [1.165, 1.54) is 11.1 Å². The number of methoxy groups -OCH3 is 1. The van der Waals surface area contributed by atoms with E-state index in [1.54, 1.807) is 7.11 Å². The summed E-state index contributed by atoms with van der Waals surface area (Å²) in [5.74, 6) is 0.970. The van der Waals surface area contributed by atoms with Crippen LogP contribution in [0, 0.1) is 0 Å². The van der Waals surface area contributed by atoms with Gasteiger partial charge in [-0.1, -0.05) is 0 Å². The fraction of sp³-hybridized carbons (Fsp3) is 0.684. The molecule has 126 valence electrons. The van der Waals surface area contributed by atoms with Crippen molar-refractivity contribution in [3.8, 4) is 11.5 Å². The molecular weight excluding hydrogens is 290 g/mol. The summed E-state index contributed by atoms with van der Waals surface area (Å²) in [6, 6.07) is 2.47. The molecule has 1 fully saturated rings. The van der Waals surface area contributed by atoms with Crippen LogP contribution in [-0.4, -0.2) is 41.9 Å². The summed E-state index contributed by atoms with van der Waals surface area (Å²) in [7, 11) is 3.84. The first-order chi connectivity index (χ1) is 11.1. The number of aliphatic hydroxyl groups is 1. The first kappa shape index (κ1) is 15.3. The van der Waals surface area contributed by atoms with Gasteiger partial charge < -0.3 is 14.9 Å². The Morgan fingerprint density at radius 3 is 2.61 bits per heavy atom. The Balaban J connectivity index is 1.91. The Morgan fingerprint density at radius 2 is 1.91 bits per heavy atom. The van der Waals surface area contributed by atoms with Crippen LogP contribution in [0.2, 0.25) is 0 Å². The van der Waals surface area contributed by atoms with Gasteiger partial charge in [-0.2, -0.15) is 0 Å². The van der Waals surface area contributed by atoms with Crippen molar-refractivity contribution >= 4 is 0 Å². The molecule has 0 unspecified atom stereocenters. The van der Waals surface area contributed by atoms with Crippen molar-refractivity contribution in [3.63, 3.8) is 0 Å². The average molecular weight is 317 g/mol. The molecule has 1 spiro atoms. The maximum atomic E-state index is 11.0. The van der Waals surface area contributed by atoms with Crippen molar-refractivity contribution in [2.45, 2.75) is 62.5 Å². The number of aliphatic hydroxyl groups excluding tert-OH is 1. The molecule has 1 atom stereocenters. The van der Waals surface area contributed by atoms with Gasteiger partial charge in [0.15, 0.2) is 11.5 Å². The number of fused-ring (bicyclic) bond motifs is 1. The van der Waals surface area contributed by atoms with Crippen LogP contribution >= 0.6 is 0 Å². The monoisotopic (exact) mass is 317 g/mol. The number of ether oxygens (including phenoxy) is 1. The number of phenols is 1. The minimum atomic E-state index is -0.176. The number of hydrogen-bond donors (Lipinski definition) is 2. The largest absolute Gasteiger partial charge is 0.504 e. The predicted molar refractivity (Wildman–Crippen MR) is 89.1 cm³/mol. The third kappa shape index (κ3) is 2.18. The normalized spacial score (nSPS) is 33.5. The second-order valence-electron chi connectivity index (χ2n) is 7.67. The highest BCUT2D eigenvalue weighted by molar-refractivity contribution is 5.60. The van der Waals surface area contributed by atoms with Crippen LogP contribution in [0.15, 0.2) is 6.07 Å². The van der Waals surface area contributed by atoms with Crippen molar-refractivity contribution in [1.82, 2.24) is 4.90 Å². The standard InChI is InChI=1S/C19H27NO3/c1-20-10-6-12-11-15(23-2)18(22)17-16(12)14(20)5-9-19(17)7-3-13(21)4-8-19/h11,13-14,21-22H,3-10H2,1-2H3/t13?,14-,19?/m0/s1. The Kier molecular flexibility index (Phi) is 3.58. The van der Waals surface area contributed by atoms with E-state index in [-0.39, 0.29) is 11.5 Å². The molecule has 3 aliphatic rings. The van der Waals surface area contributed by atoms with E-state index >= 15 is 0 Å². The quantitative estimate of drug-likeness (QED) is 0.836. The van der Waals surface area contributed by atoms with E-state index in [0.717, 1.165) is 57.1 Å². The summed E-state index contributed by atoms with van der Waals surface area (Å²) < 4.78 is 5.48. The molecule has 0 aromatic heterocycles. The molecule has 23 heavy (non-hydrogen) atoms. The van der Waals surface area contributed by atoms with Gasteiger partial charge in [-0.3, -0.25) is 4.90 Å². The molecule has 0 saturated heterocycles. The van der Waals surface area contributed by atoms with E-state index in [4.69, 9.17) is 4.74 Å². The van der Waals surface area contributed by atoms with Crippen molar-refractivity contribution in [3.05, 3.63) is 22.8 Å². The van der Waals surface area contributed by atoms with Gasteiger partial charge in [-0.15, -0.1) is 0 Å². The lowest BCUT2D eigenvalue weighted by atomic mass is 9.59. The number of benzene rings is 1. The highest BCUT2D eigenvalue weighted by atomic mass is 16.5. The lowest BCUT2D eigenvalue weighted by molar-refractivity contribution is 0.0764. The zero-order valence-electron chi connectivity index (χ0n) is 14.1. The summed E-state index contributed by atoms with van der Waals surface area (Å²) in [6.07, 6.45) is 6.71. The maximum Gasteiger partial charge on any atom is 0.161 e. The summed E-state index contributed by atoms with van der Waals surface area (Å²) in [5.41, 5.74) is 3.88. The SMILES string of the molecule is COc1cc2c3c(c1O)C1(CCC(O)CC1)CC[C@@H]3N(C)CC2. The van der Waals surface area contributed by atoms with Gasteiger partial charge in [0.1, 0.15) is 0 Å². The van der Waals surface area contributed by atoms with Crippen molar-refractivity contribution < 1.29 is 14.9 Å². The maximum absolute atomic E-state index is 11.0. The van der Waals surface area contributed by atoms with Gasteiger partial charge in [0.05, 0.1) is 13.2 Å². The zero-order chi connectivity index (χ0) is 16.2. The minimum absolute atomic E-state index is 0.0244. The van der Waals surface area contributed by atoms with Crippen LogP contribution in [0.1, 0.15) is 61.3 Å². The first-order valence-electron chi connectivity index (χ1n) is 8.87. The van der Waals surface area contributed by atoms with Crippen LogP contribution in [-0.2, 0) is 11.8 Å². The third-order valence-electron chi connectivity index (χ3n) is 6.55. The highest BCUT2D eigenvalue weighted by Crippen LogP contribution is 2.57. The van der Waals surface area contributed by atoms with Gasteiger partial charge >= 0.3 is 0 Å². The van der Waals surface area contributed by atoms with Crippen molar-refractivity contribution in [1.29, 1.82) is 0 Å². The fourth-order valence-corrected chi connectivity index (χ4v) is 5.23. The molecule has 1 heterocycles. The average Bonchev–Trinajstić information content (AvgIpc) is 2.56. The minimum Gasteiger partial charge on any atom is -0.504 e. The van der Waals surface area contributed by atoms with E-state index < -0.39 is 0 Å². The third-order valence-corrected chi connectivity index (χ3v) is 6.55. The van der Waals surface area contributed by atoms with Crippen LogP contribution < -0.4 is 4.74 Å². The van der Waals surface area contributed by atoms with Crippen molar-refractivity contribution in [2.24, 2.45) is 0 Å². The molecule has 1 aromatic carbocycles. The lowest BCUT2D eigenvalue weighted by Gasteiger charge is -2.49. The van der Waals surface area contributed by atoms with E-state index in [2.05, 4.69) is 11.9 Å². The smallest absolute Gasteiger partial charge is 0.161 e. The first-order valence-corrected chi connectivity index (χ1v) is 8.87. The molecule has 4 heteroatoms. The molecule has 0 radical (unpaired) electrons. The van der Waals surface area contributed by atoms with Gasteiger partial charge in [0.2, 0.25) is 0 Å². The summed E-state index contributed by atoms with van der Waals surface area (Å²) in [6.45, 7) is 1.07. The van der Waals surface area contributed by atoms with E-state index in [1.807, 2.05) is 6.07 Å². The molecule has 2 N–H and O–H groups in total. The molecule has 2 aliphatic carbocycles. The molecule has 1 saturated carbocycles. The van der Waals surface area contributed by atoms with E-state index in [9.17, 15) is 10.2 Å². The second kappa shape index (κ2) is 5.38. The Labute approximate surface area is 138 Å². The Hall–Kier alpha value is -1.26. The Bertz CT molecular complexity index is 620. The van der Waals surface area contributed by atoms with Crippen LogP contribution in [0.4, 0.5) is 0 Å². The van der Waals surface area contributed by atoms with Gasteiger partial charge in [0, 0.05) is 18.2 Å². The number of aromatic hydroxyl groups is 1. The van der Waals surface area contributed by atoms with Crippen LogP contribution in [0.3, 0.4) is 0 Å². The summed E-state index contributed by atoms with van der Waals surface area (Å²) in [4.78, 5) is 2.43. The lowest BCUT2D eigenvalue weighted by Crippen LogP contribution is -2.43. The number of rotatable bonds is 1. The van der Waals surface area contributed by atoms with Gasteiger partial charge in [0.25, 0.3) is 0 Å². The fourth-order valence-electron chi connectivity index (χ4n) is 5.23. The number of hydrogen-bond acceptors (Lipinski definition) is 4. The van der Waals surface area contributed by atoms with Crippen molar-refractivity contribution in [2.75, 3.05) is 20.7 Å². The molecular formula is C19H27NO3. The number of phenolic OH excluding ortho intramolecular Hbond substituents is 1. The van der Waals surface area contributed by atoms with E-state index in [0.29, 0.717) is 17.5 Å². The topological polar surface area (TPSA) is 52.9 Å². The second-order valence-corrected chi connectivity index (χ2v) is 7.67. The highest BCUT2D eigenvalue weighted by Gasteiger charge is 2.47. The summed E-state index contributed by atoms with van der Waals surface area (Å²) >= 11 is 0. The zero-order valence-corrected chi connectivity index (χ0v) is 14.1. The molecule has 1 aliphatic heterocycles. The summed E-state index contributed by atoms with van der Waals surface area (Å²) in [5, 5.41) is 20.9. The molecule has 1 aromatic rings. The molecule has 4 nitrogen and oxygen atoms in total. The predicted octanol–water partition coefficient (Wildman–Crippen LogP) is 2.90. The number of likely N-dealkylation sites (N-methyl/N-ethyl adjacent to an activating group) is 1. The van der Waals surface area contributed by atoms with Crippen LogP contribution in [0.5, 0.6) is 11.5 Å². The van der Waals surface area contributed by atoms with Gasteiger partial charge in [-0.25, -0.2) is 0 Å². The Morgan fingerprint density at radius 1 is 1.22 bits per heavy atom. The number of nitrogens with zero attached hydrogens (tertiary/aromatic N) is 1. The molecule has 0 bridgehead atoms.